The summed E-state index contributed by atoms with van der Waals surface area (Å²) in [4.78, 5) is 16.1. The van der Waals surface area contributed by atoms with E-state index in [1.807, 2.05) is 36.4 Å². The molecule has 0 fully saturated rings. The zero-order valence-corrected chi connectivity index (χ0v) is 11.9. The number of carbonyl (C=O) groups is 1. The summed E-state index contributed by atoms with van der Waals surface area (Å²) in [6, 6.07) is 11.5. The van der Waals surface area contributed by atoms with E-state index in [0.717, 1.165) is 12.0 Å². The molecular weight excluding hydrogens is 266 g/mol. The third-order valence-electron chi connectivity index (χ3n) is 3.18. The number of aromatic nitrogens is 2. The second kappa shape index (κ2) is 7.25. The molecule has 0 bridgehead atoms. The van der Waals surface area contributed by atoms with E-state index < -0.39 is 6.04 Å². The summed E-state index contributed by atoms with van der Waals surface area (Å²) in [5.41, 5.74) is 1.46. The van der Waals surface area contributed by atoms with Gasteiger partial charge in [0.2, 0.25) is 0 Å². The first-order valence-corrected chi connectivity index (χ1v) is 6.88. The standard InChI is InChI=1S/C16H17N3O2/c1-2-21-16(20)15(19-11-14(10-17)18-12-19)9-8-13-6-4-3-5-7-13/h3-7,11-12,15H,2,8-9H2,1H3. The van der Waals surface area contributed by atoms with Crippen LogP contribution in [0.4, 0.5) is 0 Å². The molecule has 2 aromatic rings. The van der Waals surface area contributed by atoms with Gasteiger partial charge in [-0.15, -0.1) is 0 Å². The van der Waals surface area contributed by atoms with Gasteiger partial charge in [-0.3, -0.25) is 0 Å². The van der Waals surface area contributed by atoms with Crippen molar-refractivity contribution in [1.82, 2.24) is 9.55 Å². The molecule has 0 aliphatic carbocycles. The molecule has 1 unspecified atom stereocenters. The Morgan fingerprint density at radius 1 is 1.43 bits per heavy atom. The molecule has 108 valence electrons. The number of aryl methyl sites for hydroxylation is 1. The summed E-state index contributed by atoms with van der Waals surface area (Å²) in [6.45, 7) is 2.11. The van der Waals surface area contributed by atoms with Crippen LogP contribution in [0.1, 0.15) is 30.6 Å². The Labute approximate surface area is 123 Å². The highest BCUT2D eigenvalue weighted by atomic mass is 16.5. The van der Waals surface area contributed by atoms with Crippen molar-refractivity contribution in [3.8, 4) is 6.07 Å². The van der Waals surface area contributed by atoms with Gasteiger partial charge in [0.25, 0.3) is 0 Å². The van der Waals surface area contributed by atoms with Crippen LogP contribution in [0.3, 0.4) is 0 Å². The minimum atomic E-state index is -0.459. The molecule has 1 aromatic carbocycles. The second-order valence-electron chi connectivity index (χ2n) is 4.61. The maximum atomic E-state index is 12.1. The zero-order valence-electron chi connectivity index (χ0n) is 11.9. The Balaban J connectivity index is 2.12. The summed E-state index contributed by atoms with van der Waals surface area (Å²) in [7, 11) is 0. The molecule has 0 radical (unpaired) electrons. The maximum absolute atomic E-state index is 12.1. The Hall–Kier alpha value is -2.61. The largest absolute Gasteiger partial charge is 0.464 e. The number of benzene rings is 1. The normalized spacial score (nSPS) is 11.6. The van der Waals surface area contributed by atoms with E-state index >= 15 is 0 Å². The van der Waals surface area contributed by atoms with E-state index in [0.29, 0.717) is 18.7 Å². The number of nitrogens with zero attached hydrogens (tertiary/aromatic N) is 3. The van der Waals surface area contributed by atoms with Gasteiger partial charge in [-0.2, -0.15) is 5.26 Å². The van der Waals surface area contributed by atoms with Crippen molar-refractivity contribution in [3.63, 3.8) is 0 Å². The molecule has 1 aromatic heterocycles. The van der Waals surface area contributed by atoms with Gasteiger partial charge in [-0.1, -0.05) is 30.3 Å². The zero-order chi connectivity index (χ0) is 15.1. The predicted molar refractivity (Wildman–Crippen MR) is 77.4 cm³/mol. The third kappa shape index (κ3) is 3.93. The first-order valence-electron chi connectivity index (χ1n) is 6.88. The molecule has 21 heavy (non-hydrogen) atoms. The lowest BCUT2D eigenvalue weighted by Gasteiger charge is -2.16. The highest BCUT2D eigenvalue weighted by Crippen LogP contribution is 2.18. The average molecular weight is 283 g/mol. The van der Waals surface area contributed by atoms with Gasteiger partial charge in [0.1, 0.15) is 12.1 Å². The highest BCUT2D eigenvalue weighted by Gasteiger charge is 2.21. The van der Waals surface area contributed by atoms with Crippen LogP contribution in [-0.4, -0.2) is 22.1 Å². The summed E-state index contributed by atoms with van der Waals surface area (Å²) >= 11 is 0. The number of ether oxygens (including phenoxy) is 1. The summed E-state index contributed by atoms with van der Waals surface area (Å²) in [5, 5.41) is 8.84. The molecule has 5 nitrogen and oxygen atoms in total. The van der Waals surface area contributed by atoms with Crippen LogP contribution in [0.2, 0.25) is 0 Å². The van der Waals surface area contributed by atoms with Crippen molar-refractivity contribution in [2.24, 2.45) is 0 Å². The van der Waals surface area contributed by atoms with Crippen molar-refractivity contribution in [2.45, 2.75) is 25.8 Å². The Morgan fingerprint density at radius 2 is 2.19 bits per heavy atom. The third-order valence-corrected chi connectivity index (χ3v) is 3.18. The Kier molecular flexibility index (Phi) is 5.10. The van der Waals surface area contributed by atoms with E-state index in [4.69, 9.17) is 10.00 Å². The first-order chi connectivity index (χ1) is 10.2. The molecule has 1 atom stereocenters. The van der Waals surface area contributed by atoms with E-state index in [-0.39, 0.29) is 5.97 Å². The van der Waals surface area contributed by atoms with E-state index in [1.165, 1.54) is 6.33 Å². The predicted octanol–water partition coefficient (Wildman–Crippen LogP) is 2.49. The number of esters is 1. The van der Waals surface area contributed by atoms with Gasteiger partial charge >= 0.3 is 5.97 Å². The van der Waals surface area contributed by atoms with E-state index in [2.05, 4.69) is 4.98 Å². The van der Waals surface area contributed by atoms with Crippen LogP contribution in [0.25, 0.3) is 0 Å². The molecule has 0 saturated heterocycles. The average Bonchev–Trinajstić information content (AvgIpc) is 2.98. The number of nitriles is 1. The van der Waals surface area contributed by atoms with Gasteiger partial charge in [0.05, 0.1) is 12.9 Å². The molecule has 0 amide bonds. The minimum Gasteiger partial charge on any atom is -0.464 e. The van der Waals surface area contributed by atoms with Crippen molar-refractivity contribution in [1.29, 1.82) is 5.26 Å². The van der Waals surface area contributed by atoms with E-state index in [9.17, 15) is 4.79 Å². The van der Waals surface area contributed by atoms with Crippen molar-refractivity contribution < 1.29 is 9.53 Å². The molecule has 0 aliphatic heterocycles. The molecule has 0 N–H and O–H groups in total. The lowest BCUT2D eigenvalue weighted by atomic mass is 10.1. The highest BCUT2D eigenvalue weighted by molar-refractivity contribution is 5.74. The first kappa shape index (κ1) is 14.8. The fraction of sp³-hybridized carbons (Fsp3) is 0.312. The summed E-state index contributed by atoms with van der Waals surface area (Å²) in [6.07, 6.45) is 4.44. The number of carbonyl (C=O) groups excluding carboxylic acids is 1. The lowest BCUT2D eigenvalue weighted by molar-refractivity contribution is -0.147. The van der Waals surface area contributed by atoms with Crippen molar-refractivity contribution in [2.75, 3.05) is 6.61 Å². The Morgan fingerprint density at radius 3 is 2.81 bits per heavy atom. The SMILES string of the molecule is CCOC(=O)C(CCc1ccccc1)n1cnc(C#N)c1. The maximum Gasteiger partial charge on any atom is 0.329 e. The number of hydrogen-bond acceptors (Lipinski definition) is 4. The number of imidazole rings is 1. The van der Waals surface area contributed by atoms with Crippen molar-refractivity contribution >= 4 is 5.97 Å². The number of hydrogen-bond donors (Lipinski definition) is 0. The monoisotopic (exact) mass is 283 g/mol. The van der Waals surface area contributed by atoms with Crippen LogP contribution < -0.4 is 0 Å². The van der Waals surface area contributed by atoms with Crippen LogP contribution in [0.5, 0.6) is 0 Å². The van der Waals surface area contributed by atoms with Gasteiger partial charge in [0, 0.05) is 6.20 Å². The Bertz CT molecular complexity index is 628. The molecule has 1 heterocycles. The van der Waals surface area contributed by atoms with Crippen LogP contribution in [-0.2, 0) is 16.0 Å². The van der Waals surface area contributed by atoms with Crippen molar-refractivity contribution in [3.05, 3.63) is 54.1 Å². The van der Waals surface area contributed by atoms with Gasteiger partial charge < -0.3 is 9.30 Å². The molecule has 2 rings (SSSR count). The molecule has 0 saturated carbocycles. The van der Waals surface area contributed by atoms with Crippen LogP contribution in [0.15, 0.2) is 42.9 Å². The fourth-order valence-electron chi connectivity index (χ4n) is 2.14. The quantitative estimate of drug-likeness (QED) is 0.764. The molecule has 0 aliphatic rings. The van der Waals surface area contributed by atoms with Crippen LogP contribution in [0, 0.1) is 11.3 Å². The summed E-state index contributed by atoms with van der Waals surface area (Å²) in [5.74, 6) is -0.296. The van der Waals surface area contributed by atoms with Gasteiger partial charge in [-0.25, -0.2) is 9.78 Å². The van der Waals surface area contributed by atoms with Gasteiger partial charge in [0.15, 0.2) is 5.69 Å². The second-order valence-corrected chi connectivity index (χ2v) is 4.61. The molecule has 0 spiro atoms. The molecular formula is C16H17N3O2. The lowest BCUT2D eigenvalue weighted by Crippen LogP contribution is -2.21. The molecule has 5 heteroatoms. The van der Waals surface area contributed by atoms with Gasteiger partial charge in [-0.05, 0) is 25.3 Å². The fourth-order valence-corrected chi connectivity index (χ4v) is 2.14. The topological polar surface area (TPSA) is 67.9 Å². The number of rotatable bonds is 6. The van der Waals surface area contributed by atoms with E-state index in [1.54, 1.807) is 17.7 Å². The smallest absolute Gasteiger partial charge is 0.329 e. The van der Waals surface area contributed by atoms with Crippen LogP contribution >= 0.6 is 0 Å². The minimum absolute atomic E-state index is 0.295. The summed E-state index contributed by atoms with van der Waals surface area (Å²) < 4.78 is 6.77.